The Balaban J connectivity index is 2.11. The zero-order valence-corrected chi connectivity index (χ0v) is 13.4. The molecule has 112 valence electrons. The van der Waals surface area contributed by atoms with Gasteiger partial charge in [-0.3, -0.25) is 0 Å². The molecule has 0 unspecified atom stereocenters. The molecule has 4 nitrogen and oxygen atoms in total. The normalized spacial score (nSPS) is 16.4. The smallest absolute Gasteiger partial charge is 0.240 e. The summed E-state index contributed by atoms with van der Waals surface area (Å²) in [6.07, 6.45) is 2.93. The molecule has 1 aromatic carbocycles. The lowest BCUT2D eigenvalue weighted by molar-refractivity contribution is 0.383. The van der Waals surface area contributed by atoms with E-state index in [1.165, 1.54) is 6.07 Å². The first-order valence-corrected chi connectivity index (χ1v) is 8.79. The molecule has 0 radical (unpaired) electrons. The van der Waals surface area contributed by atoms with Gasteiger partial charge in [0, 0.05) is 23.7 Å². The van der Waals surface area contributed by atoms with Gasteiger partial charge in [-0.15, -0.1) is 0 Å². The predicted molar refractivity (Wildman–Crippen MR) is 81.4 cm³/mol. The average Bonchev–Trinajstić information content (AvgIpc) is 2.32. The summed E-state index contributed by atoms with van der Waals surface area (Å²) in [6.45, 7) is 4.73. The summed E-state index contributed by atoms with van der Waals surface area (Å²) in [4.78, 5) is 0.239. The highest BCUT2D eigenvalue weighted by molar-refractivity contribution is 7.89. The van der Waals surface area contributed by atoms with Gasteiger partial charge in [-0.1, -0.05) is 37.9 Å². The molecule has 1 aliphatic carbocycles. The lowest BCUT2D eigenvalue weighted by atomic mass is 9.94. The first-order valence-electron chi connectivity index (χ1n) is 6.92. The Morgan fingerprint density at radius 1 is 1.35 bits per heavy atom. The van der Waals surface area contributed by atoms with Crippen molar-refractivity contribution in [1.82, 2.24) is 10.0 Å². The van der Waals surface area contributed by atoms with Crippen molar-refractivity contribution >= 4 is 21.6 Å². The molecule has 0 saturated heterocycles. The number of nitrogens with one attached hydrogen (secondary N) is 2. The molecule has 6 heteroatoms. The maximum Gasteiger partial charge on any atom is 0.240 e. The van der Waals surface area contributed by atoms with Gasteiger partial charge in [-0.2, -0.15) is 0 Å². The Morgan fingerprint density at radius 2 is 2.05 bits per heavy atom. The van der Waals surface area contributed by atoms with Gasteiger partial charge in [0.2, 0.25) is 10.0 Å². The molecule has 1 fully saturated rings. The van der Waals surface area contributed by atoms with E-state index in [2.05, 4.69) is 23.9 Å². The Hall–Kier alpha value is -0.620. The van der Waals surface area contributed by atoms with Gasteiger partial charge in [0.05, 0.1) is 4.90 Å². The molecule has 2 rings (SSSR count). The van der Waals surface area contributed by atoms with Gasteiger partial charge >= 0.3 is 0 Å². The van der Waals surface area contributed by atoms with Crippen LogP contribution in [0.15, 0.2) is 23.1 Å². The zero-order chi connectivity index (χ0) is 14.8. The van der Waals surface area contributed by atoms with Crippen LogP contribution < -0.4 is 10.0 Å². The van der Waals surface area contributed by atoms with Gasteiger partial charge < -0.3 is 5.32 Å². The first kappa shape index (κ1) is 15.8. The third-order valence-electron chi connectivity index (χ3n) is 3.46. The van der Waals surface area contributed by atoms with Gasteiger partial charge in [0.15, 0.2) is 0 Å². The highest BCUT2D eigenvalue weighted by Gasteiger charge is 2.25. The molecule has 1 aromatic rings. The molecule has 0 heterocycles. The van der Waals surface area contributed by atoms with Crippen molar-refractivity contribution in [2.24, 2.45) is 0 Å². The number of benzene rings is 1. The molecule has 0 amide bonds. The molecule has 1 saturated carbocycles. The summed E-state index contributed by atoms with van der Waals surface area (Å²) >= 11 is 6.17. The van der Waals surface area contributed by atoms with E-state index >= 15 is 0 Å². The summed E-state index contributed by atoms with van der Waals surface area (Å²) < 4.78 is 27.1. The maximum absolute atomic E-state index is 12.2. The molecule has 0 spiro atoms. The Bertz CT molecular complexity index is 569. The van der Waals surface area contributed by atoms with Crippen LogP contribution in [0.3, 0.4) is 0 Å². The average molecular weight is 317 g/mol. The van der Waals surface area contributed by atoms with Crippen molar-refractivity contribution in [3.63, 3.8) is 0 Å². The lowest BCUT2D eigenvalue weighted by Gasteiger charge is -2.26. The number of hydrogen-bond acceptors (Lipinski definition) is 3. The van der Waals surface area contributed by atoms with Crippen LogP contribution in [-0.4, -0.2) is 20.5 Å². The molecule has 2 N–H and O–H groups in total. The van der Waals surface area contributed by atoms with Crippen LogP contribution >= 0.6 is 11.6 Å². The summed E-state index contributed by atoms with van der Waals surface area (Å²) in [5.74, 6) is 0. The van der Waals surface area contributed by atoms with E-state index < -0.39 is 10.0 Å². The topological polar surface area (TPSA) is 58.2 Å². The SMILES string of the molecule is CC(C)NCc1ccc(S(=O)(=O)NC2CCC2)cc1Cl. The molecule has 0 atom stereocenters. The van der Waals surface area contributed by atoms with Gasteiger partial charge in [-0.05, 0) is 30.5 Å². The van der Waals surface area contributed by atoms with E-state index in [-0.39, 0.29) is 10.9 Å². The second-order valence-corrected chi connectivity index (χ2v) is 7.66. The van der Waals surface area contributed by atoms with Crippen molar-refractivity contribution in [1.29, 1.82) is 0 Å². The lowest BCUT2D eigenvalue weighted by Crippen LogP contribution is -2.39. The third-order valence-corrected chi connectivity index (χ3v) is 5.33. The second kappa shape index (κ2) is 6.43. The van der Waals surface area contributed by atoms with E-state index in [4.69, 9.17) is 11.6 Å². The summed E-state index contributed by atoms with van der Waals surface area (Å²) in [5, 5.41) is 3.74. The van der Waals surface area contributed by atoms with Crippen molar-refractivity contribution in [3.8, 4) is 0 Å². The second-order valence-electron chi connectivity index (χ2n) is 5.54. The van der Waals surface area contributed by atoms with Crippen LogP contribution in [0.2, 0.25) is 5.02 Å². The van der Waals surface area contributed by atoms with Crippen LogP contribution in [0.5, 0.6) is 0 Å². The quantitative estimate of drug-likeness (QED) is 0.848. The Kier molecular flexibility index (Phi) is 5.07. The van der Waals surface area contributed by atoms with E-state index in [0.29, 0.717) is 17.6 Å². The van der Waals surface area contributed by atoms with E-state index in [0.717, 1.165) is 24.8 Å². The minimum Gasteiger partial charge on any atom is -0.310 e. The fourth-order valence-electron chi connectivity index (χ4n) is 1.97. The van der Waals surface area contributed by atoms with Gasteiger partial charge in [0.25, 0.3) is 0 Å². The monoisotopic (exact) mass is 316 g/mol. The van der Waals surface area contributed by atoms with Crippen molar-refractivity contribution in [3.05, 3.63) is 28.8 Å². The minimum absolute atomic E-state index is 0.0843. The van der Waals surface area contributed by atoms with Crippen LogP contribution in [0.25, 0.3) is 0 Å². The highest BCUT2D eigenvalue weighted by atomic mass is 35.5. The first-order chi connectivity index (χ1) is 9.38. The van der Waals surface area contributed by atoms with Crippen LogP contribution in [0, 0.1) is 0 Å². The summed E-state index contributed by atoms with van der Waals surface area (Å²) in [7, 11) is -3.45. The van der Waals surface area contributed by atoms with Crippen molar-refractivity contribution in [2.45, 2.75) is 56.6 Å². The fourth-order valence-corrected chi connectivity index (χ4v) is 3.61. The summed E-state index contributed by atoms with van der Waals surface area (Å²) in [5.41, 5.74) is 0.906. The molecule has 0 aromatic heterocycles. The number of rotatable bonds is 6. The van der Waals surface area contributed by atoms with Crippen LogP contribution in [0.4, 0.5) is 0 Å². The van der Waals surface area contributed by atoms with Crippen molar-refractivity contribution in [2.75, 3.05) is 0 Å². The Morgan fingerprint density at radius 3 is 2.55 bits per heavy atom. The fraction of sp³-hybridized carbons (Fsp3) is 0.571. The minimum atomic E-state index is -3.45. The number of hydrogen-bond donors (Lipinski definition) is 2. The maximum atomic E-state index is 12.2. The third kappa shape index (κ3) is 3.95. The standard InChI is InChI=1S/C14H21ClN2O2S/c1-10(2)16-9-11-6-7-13(8-14(11)15)20(18,19)17-12-4-3-5-12/h6-8,10,12,16-17H,3-5,9H2,1-2H3. The molecule has 0 aliphatic heterocycles. The highest BCUT2D eigenvalue weighted by Crippen LogP contribution is 2.24. The van der Waals surface area contributed by atoms with E-state index in [1.54, 1.807) is 12.1 Å². The Labute approximate surface area is 126 Å². The molecular weight excluding hydrogens is 296 g/mol. The molecular formula is C14H21ClN2O2S. The number of halogens is 1. The summed E-state index contributed by atoms with van der Waals surface area (Å²) in [6, 6.07) is 5.35. The van der Waals surface area contributed by atoms with Crippen molar-refractivity contribution < 1.29 is 8.42 Å². The zero-order valence-electron chi connectivity index (χ0n) is 11.8. The molecule has 1 aliphatic rings. The van der Waals surface area contributed by atoms with Crippen LogP contribution in [0.1, 0.15) is 38.7 Å². The largest absolute Gasteiger partial charge is 0.310 e. The predicted octanol–water partition coefficient (Wildman–Crippen LogP) is 2.67. The number of sulfonamides is 1. The van der Waals surface area contributed by atoms with Gasteiger partial charge in [-0.25, -0.2) is 13.1 Å². The van der Waals surface area contributed by atoms with E-state index in [9.17, 15) is 8.42 Å². The van der Waals surface area contributed by atoms with E-state index in [1.807, 2.05) is 0 Å². The molecule has 0 bridgehead atoms. The van der Waals surface area contributed by atoms with Gasteiger partial charge in [0.1, 0.15) is 0 Å². The van der Waals surface area contributed by atoms with Crippen LogP contribution in [-0.2, 0) is 16.6 Å². The molecule has 20 heavy (non-hydrogen) atoms.